The summed E-state index contributed by atoms with van der Waals surface area (Å²) >= 11 is 0. The lowest BCUT2D eigenvalue weighted by atomic mass is 10.0. The van der Waals surface area contributed by atoms with E-state index in [-0.39, 0.29) is 5.97 Å². The highest BCUT2D eigenvalue weighted by atomic mass is 16.6. The molecule has 0 aliphatic heterocycles. The highest BCUT2D eigenvalue weighted by Gasteiger charge is 2.23. The van der Waals surface area contributed by atoms with Crippen molar-refractivity contribution in [1.29, 1.82) is 0 Å². The Bertz CT molecular complexity index is 422. The highest BCUT2D eigenvalue weighted by Crippen LogP contribution is 2.15. The maximum Gasteiger partial charge on any atom is 0.395 e. The summed E-state index contributed by atoms with van der Waals surface area (Å²) in [6.45, 7) is 4.48. The average molecular weight is 454 g/mol. The van der Waals surface area contributed by atoms with Crippen molar-refractivity contribution in [2.75, 3.05) is 0 Å². The molecule has 0 aliphatic carbocycles. The van der Waals surface area contributed by atoms with Crippen LogP contribution in [0.3, 0.4) is 0 Å². The zero-order valence-corrected chi connectivity index (χ0v) is 21.5. The van der Waals surface area contributed by atoms with Gasteiger partial charge < -0.3 is 4.74 Å². The molecule has 1 atom stereocenters. The third kappa shape index (κ3) is 22.1. The van der Waals surface area contributed by atoms with Crippen molar-refractivity contribution >= 4 is 11.9 Å². The molecular weight excluding hydrogens is 400 g/mol. The molecule has 0 heterocycles. The number of esters is 1. The number of unbranched alkanes of at least 4 members (excludes halogenated alkanes) is 19. The fourth-order valence-electron chi connectivity index (χ4n) is 4.19. The first-order valence-corrected chi connectivity index (χ1v) is 14.0. The zero-order valence-electron chi connectivity index (χ0n) is 21.5. The summed E-state index contributed by atoms with van der Waals surface area (Å²) in [6, 6.07) is 0. The number of carbonyl (C=O) groups is 2. The lowest BCUT2D eigenvalue weighted by Crippen LogP contribution is -2.26. The number of carbonyl (C=O) groups excluding carboxylic acids is 2. The molecule has 1 radical (unpaired) electrons. The van der Waals surface area contributed by atoms with Crippen molar-refractivity contribution in [2.24, 2.45) is 0 Å². The molecule has 0 amide bonds. The second kappa shape index (κ2) is 24.6. The summed E-state index contributed by atoms with van der Waals surface area (Å²) < 4.78 is 5.19. The third-order valence-electron chi connectivity index (χ3n) is 6.34. The Kier molecular flexibility index (Phi) is 23.8. The Morgan fingerprint density at radius 2 is 0.875 bits per heavy atom. The minimum Gasteiger partial charge on any atom is -0.450 e. The Balaban J connectivity index is 3.60. The smallest absolute Gasteiger partial charge is 0.395 e. The normalized spacial score (nSPS) is 12.1. The van der Waals surface area contributed by atoms with Crippen LogP contribution in [0.5, 0.6) is 0 Å². The first-order chi connectivity index (χ1) is 15.6. The molecule has 0 spiro atoms. The highest BCUT2D eigenvalue weighted by molar-refractivity contribution is 5.77. The van der Waals surface area contributed by atoms with Crippen LogP contribution in [0.2, 0.25) is 0 Å². The van der Waals surface area contributed by atoms with E-state index in [1.807, 2.05) is 0 Å². The van der Waals surface area contributed by atoms with E-state index in [1.165, 1.54) is 96.3 Å². The maximum absolute atomic E-state index is 12.0. The van der Waals surface area contributed by atoms with Gasteiger partial charge in [-0.3, -0.25) is 4.79 Å². The van der Waals surface area contributed by atoms with Crippen LogP contribution in [-0.4, -0.2) is 18.0 Å². The van der Waals surface area contributed by atoms with Gasteiger partial charge in [-0.15, -0.1) is 0 Å². The number of ether oxygens (including phenoxy) is 1. The lowest BCUT2D eigenvalue weighted by Gasteiger charge is -2.12. The van der Waals surface area contributed by atoms with Gasteiger partial charge in [0, 0.05) is 6.42 Å². The van der Waals surface area contributed by atoms with Crippen LogP contribution in [-0.2, 0) is 19.4 Å². The predicted octanol–water partition coefficient (Wildman–Crippen LogP) is 8.87. The fourth-order valence-corrected chi connectivity index (χ4v) is 4.19. The molecule has 189 valence electrons. The van der Waals surface area contributed by atoms with Gasteiger partial charge in [0.15, 0.2) is 0 Å². The van der Waals surface area contributed by atoms with Gasteiger partial charge in [-0.05, 0) is 19.3 Å². The maximum atomic E-state index is 12.0. The number of hydrogen-bond donors (Lipinski definition) is 0. The molecule has 0 saturated heterocycles. The quantitative estimate of drug-likeness (QED) is 0.102. The zero-order chi connectivity index (χ0) is 23.7. The molecule has 0 N–H and O–H groups in total. The van der Waals surface area contributed by atoms with Crippen LogP contribution in [0.4, 0.5) is 0 Å². The Labute approximate surface area is 199 Å². The number of hydrogen-bond acceptors (Lipinski definition) is 3. The Morgan fingerprint density at radius 3 is 1.25 bits per heavy atom. The van der Waals surface area contributed by atoms with Gasteiger partial charge in [-0.1, -0.05) is 136 Å². The van der Waals surface area contributed by atoms with E-state index in [0.717, 1.165) is 38.5 Å². The third-order valence-corrected chi connectivity index (χ3v) is 6.34. The first kappa shape index (κ1) is 30.9. The summed E-state index contributed by atoms with van der Waals surface area (Å²) in [5.74, 6) is -1.64. The largest absolute Gasteiger partial charge is 0.450 e. The van der Waals surface area contributed by atoms with Crippen LogP contribution in [0, 0.1) is 0 Å². The Hall–Kier alpha value is -1.06. The van der Waals surface area contributed by atoms with Gasteiger partial charge in [-0.25, -0.2) is 9.90 Å². The average Bonchev–Trinajstić information content (AvgIpc) is 2.77. The second-order valence-corrected chi connectivity index (χ2v) is 9.55. The molecule has 0 aliphatic rings. The molecule has 4 heteroatoms. The minimum absolute atomic E-state index is 0.318. The standard InChI is InChI=1S/C28H53O4/c1-3-5-7-9-11-13-15-17-19-21-23-25-27(29)32-26(28(30)31)24-22-20-18-16-14-12-10-8-6-4-2/h26H,3-25H2,1-2H3. The van der Waals surface area contributed by atoms with Gasteiger partial charge in [0.05, 0.1) is 0 Å². The summed E-state index contributed by atoms with van der Waals surface area (Å²) in [6.07, 6.45) is 25.1. The molecule has 0 saturated carbocycles. The molecule has 1 unspecified atom stereocenters. The van der Waals surface area contributed by atoms with Crippen molar-refractivity contribution in [3.8, 4) is 0 Å². The fraction of sp³-hybridized carbons (Fsp3) is 0.929. The first-order valence-electron chi connectivity index (χ1n) is 14.0. The van der Waals surface area contributed by atoms with Crippen molar-refractivity contribution < 1.29 is 19.4 Å². The van der Waals surface area contributed by atoms with Crippen molar-refractivity contribution in [1.82, 2.24) is 0 Å². The minimum atomic E-state index is -1.26. The van der Waals surface area contributed by atoms with Crippen LogP contribution in [0.15, 0.2) is 0 Å². The van der Waals surface area contributed by atoms with Crippen molar-refractivity contribution in [2.45, 2.75) is 168 Å². The monoisotopic (exact) mass is 453 g/mol. The molecule has 0 fully saturated rings. The second-order valence-electron chi connectivity index (χ2n) is 9.55. The summed E-state index contributed by atoms with van der Waals surface area (Å²) in [5.41, 5.74) is 0. The van der Waals surface area contributed by atoms with Gasteiger partial charge in [-0.2, -0.15) is 0 Å². The van der Waals surface area contributed by atoms with Gasteiger partial charge >= 0.3 is 11.9 Å². The molecule has 32 heavy (non-hydrogen) atoms. The van der Waals surface area contributed by atoms with Gasteiger partial charge in [0.1, 0.15) is 0 Å². The van der Waals surface area contributed by atoms with E-state index < -0.39 is 12.1 Å². The van der Waals surface area contributed by atoms with E-state index in [4.69, 9.17) is 4.74 Å². The Morgan fingerprint density at radius 1 is 0.531 bits per heavy atom. The van der Waals surface area contributed by atoms with Crippen molar-refractivity contribution in [3.63, 3.8) is 0 Å². The summed E-state index contributed by atoms with van der Waals surface area (Å²) in [5, 5.41) is 11.3. The molecule has 0 aromatic heterocycles. The molecular formula is C28H53O4. The topological polar surface area (TPSA) is 63.3 Å². The van der Waals surface area contributed by atoms with E-state index >= 15 is 0 Å². The van der Waals surface area contributed by atoms with Crippen LogP contribution < -0.4 is 0 Å². The van der Waals surface area contributed by atoms with E-state index in [0.29, 0.717) is 12.8 Å². The van der Waals surface area contributed by atoms with E-state index in [9.17, 15) is 14.7 Å². The molecule has 0 rings (SSSR count). The van der Waals surface area contributed by atoms with E-state index in [2.05, 4.69) is 13.8 Å². The summed E-state index contributed by atoms with van der Waals surface area (Å²) in [4.78, 5) is 23.3. The van der Waals surface area contributed by atoms with Crippen LogP contribution in [0.1, 0.15) is 162 Å². The van der Waals surface area contributed by atoms with Crippen molar-refractivity contribution in [3.05, 3.63) is 0 Å². The predicted molar refractivity (Wildman–Crippen MR) is 133 cm³/mol. The van der Waals surface area contributed by atoms with Gasteiger partial charge in [0.2, 0.25) is 6.10 Å². The number of rotatable bonds is 25. The molecule has 0 bridgehead atoms. The lowest BCUT2D eigenvalue weighted by molar-refractivity contribution is -0.168. The molecule has 4 nitrogen and oxygen atoms in total. The van der Waals surface area contributed by atoms with Crippen LogP contribution in [0.25, 0.3) is 0 Å². The SMILES string of the molecule is CCCCCCCCCCCCCC(=O)OC(CCCCCCCCCCCC)C([O])=O. The van der Waals surface area contributed by atoms with Crippen LogP contribution >= 0.6 is 0 Å². The molecule has 0 aromatic rings. The van der Waals surface area contributed by atoms with Gasteiger partial charge in [0.25, 0.3) is 0 Å². The van der Waals surface area contributed by atoms with E-state index in [1.54, 1.807) is 0 Å². The molecule has 0 aromatic carbocycles. The summed E-state index contributed by atoms with van der Waals surface area (Å²) in [7, 11) is 0.